The van der Waals surface area contributed by atoms with E-state index in [1.807, 2.05) is 12.0 Å². The second-order valence-corrected chi connectivity index (χ2v) is 6.69. The Kier molecular flexibility index (Phi) is 7.47. The van der Waals surface area contributed by atoms with Gasteiger partial charge in [0.1, 0.15) is 0 Å². The quantitative estimate of drug-likeness (QED) is 0.744. The molecule has 0 aromatic carbocycles. The molecular weight excluding hydrogens is 314 g/mol. The SMILES string of the molecule is C=C(C)NC1=CCC=C(CC(=O)NC2CCN(OC)CC2)C=C1CC. The Morgan fingerprint density at radius 3 is 2.68 bits per heavy atom. The van der Waals surface area contributed by atoms with Gasteiger partial charge in [-0.3, -0.25) is 4.79 Å². The molecule has 2 rings (SSSR count). The molecule has 25 heavy (non-hydrogen) atoms. The molecule has 1 aliphatic heterocycles. The van der Waals surface area contributed by atoms with Gasteiger partial charge in [0.25, 0.3) is 0 Å². The average molecular weight is 345 g/mol. The first-order valence-electron chi connectivity index (χ1n) is 9.13. The van der Waals surface area contributed by atoms with Crippen LogP contribution in [0.4, 0.5) is 0 Å². The van der Waals surface area contributed by atoms with Crippen LogP contribution in [0.5, 0.6) is 0 Å². The summed E-state index contributed by atoms with van der Waals surface area (Å²) < 4.78 is 0. The van der Waals surface area contributed by atoms with Crippen LogP contribution in [0.15, 0.2) is 47.3 Å². The van der Waals surface area contributed by atoms with Crippen LogP contribution in [-0.2, 0) is 9.63 Å². The maximum Gasteiger partial charge on any atom is 0.224 e. The molecule has 0 aromatic heterocycles. The minimum Gasteiger partial charge on any atom is -0.360 e. The Morgan fingerprint density at radius 2 is 2.08 bits per heavy atom. The highest BCUT2D eigenvalue weighted by Gasteiger charge is 2.21. The number of hydrogen-bond donors (Lipinski definition) is 2. The zero-order valence-corrected chi connectivity index (χ0v) is 15.7. The number of carbonyl (C=O) groups excluding carboxylic acids is 1. The van der Waals surface area contributed by atoms with Gasteiger partial charge in [-0.05, 0) is 43.8 Å². The van der Waals surface area contributed by atoms with Crippen molar-refractivity contribution in [2.45, 2.75) is 52.0 Å². The molecule has 5 nitrogen and oxygen atoms in total. The van der Waals surface area contributed by atoms with E-state index in [9.17, 15) is 4.79 Å². The van der Waals surface area contributed by atoms with E-state index in [4.69, 9.17) is 4.84 Å². The van der Waals surface area contributed by atoms with Gasteiger partial charge >= 0.3 is 0 Å². The zero-order valence-electron chi connectivity index (χ0n) is 15.7. The number of allylic oxidation sites excluding steroid dienone is 5. The Hall–Kier alpha value is -1.85. The summed E-state index contributed by atoms with van der Waals surface area (Å²) in [7, 11) is 1.69. The summed E-state index contributed by atoms with van der Waals surface area (Å²) in [6.07, 6.45) is 10.5. The third-order valence-corrected chi connectivity index (χ3v) is 4.58. The van der Waals surface area contributed by atoms with Crippen LogP contribution in [0.2, 0.25) is 0 Å². The van der Waals surface area contributed by atoms with E-state index in [1.165, 1.54) is 5.57 Å². The largest absolute Gasteiger partial charge is 0.360 e. The number of carbonyl (C=O) groups is 1. The predicted molar refractivity (Wildman–Crippen MR) is 101 cm³/mol. The molecule has 2 aliphatic rings. The number of amides is 1. The standard InChI is InChI=1S/C20H31N3O2/c1-5-17-13-16(7-6-8-19(17)21-15(2)3)14-20(24)22-18-9-11-23(25-4)12-10-18/h7-8,13,18,21H,2,5-6,9-12,14H2,1,3-4H3,(H,22,24). The van der Waals surface area contributed by atoms with Gasteiger partial charge in [-0.1, -0.05) is 31.7 Å². The molecule has 138 valence electrons. The molecule has 1 fully saturated rings. The first-order chi connectivity index (χ1) is 12.0. The van der Waals surface area contributed by atoms with E-state index in [1.54, 1.807) is 7.11 Å². The number of piperidine rings is 1. The van der Waals surface area contributed by atoms with Gasteiger partial charge < -0.3 is 15.5 Å². The Bertz CT molecular complexity index is 582. The summed E-state index contributed by atoms with van der Waals surface area (Å²) in [5.74, 6) is 0.102. The Morgan fingerprint density at radius 1 is 1.36 bits per heavy atom. The Labute approximate surface area is 151 Å². The number of nitrogens with one attached hydrogen (secondary N) is 2. The van der Waals surface area contributed by atoms with Gasteiger partial charge in [0.05, 0.1) is 13.5 Å². The maximum absolute atomic E-state index is 12.4. The van der Waals surface area contributed by atoms with Crippen molar-refractivity contribution in [3.05, 3.63) is 47.3 Å². The van der Waals surface area contributed by atoms with Crippen molar-refractivity contribution in [3.63, 3.8) is 0 Å². The van der Waals surface area contributed by atoms with Gasteiger partial charge in [-0.2, -0.15) is 5.06 Å². The molecule has 1 aliphatic carbocycles. The van der Waals surface area contributed by atoms with Crippen LogP contribution in [0.25, 0.3) is 0 Å². The molecule has 1 heterocycles. The van der Waals surface area contributed by atoms with E-state index in [-0.39, 0.29) is 11.9 Å². The lowest BCUT2D eigenvalue weighted by Crippen LogP contribution is -2.44. The lowest BCUT2D eigenvalue weighted by Gasteiger charge is -2.30. The van der Waals surface area contributed by atoms with E-state index in [0.717, 1.165) is 55.7 Å². The molecule has 0 atom stereocenters. The Balaban J connectivity index is 1.90. The van der Waals surface area contributed by atoms with Crippen LogP contribution < -0.4 is 10.6 Å². The maximum atomic E-state index is 12.4. The molecule has 1 amide bonds. The minimum atomic E-state index is 0.102. The van der Waals surface area contributed by atoms with Crippen LogP contribution in [-0.4, -0.2) is 37.2 Å². The average Bonchev–Trinajstić information content (AvgIpc) is 2.76. The molecule has 1 saturated heterocycles. The smallest absolute Gasteiger partial charge is 0.224 e. The third kappa shape index (κ3) is 6.18. The number of nitrogens with zero attached hydrogens (tertiary/aromatic N) is 1. The van der Waals surface area contributed by atoms with E-state index in [2.05, 4.69) is 42.4 Å². The first kappa shape index (κ1) is 19.5. The van der Waals surface area contributed by atoms with Crippen molar-refractivity contribution in [2.75, 3.05) is 20.2 Å². The lowest BCUT2D eigenvalue weighted by atomic mass is 10.0. The summed E-state index contributed by atoms with van der Waals surface area (Å²) in [4.78, 5) is 17.7. The molecule has 5 heteroatoms. The highest BCUT2D eigenvalue weighted by Crippen LogP contribution is 2.22. The van der Waals surface area contributed by atoms with Gasteiger partial charge in [-0.15, -0.1) is 0 Å². The highest BCUT2D eigenvalue weighted by atomic mass is 16.7. The van der Waals surface area contributed by atoms with E-state index in [0.29, 0.717) is 6.42 Å². The van der Waals surface area contributed by atoms with Crippen LogP contribution in [0.1, 0.15) is 46.0 Å². The van der Waals surface area contributed by atoms with Crippen molar-refractivity contribution in [1.29, 1.82) is 0 Å². The van der Waals surface area contributed by atoms with Crippen molar-refractivity contribution < 1.29 is 9.63 Å². The molecule has 0 unspecified atom stereocenters. The molecule has 0 radical (unpaired) electrons. The van der Waals surface area contributed by atoms with Crippen LogP contribution in [0.3, 0.4) is 0 Å². The summed E-state index contributed by atoms with van der Waals surface area (Å²) in [6, 6.07) is 0.249. The monoisotopic (exact) mass is 345 g/mol. The number of hydrogen-bond acceptors (Lipinski definition) is 4. The second kappa shape index (κ2) is 9.59. The van der Waals surface area contributed by atoms with Gasteiger partial charge in [0, 0.05) is 30.5 Å². The predicted octanol–water partition coefficient (Wildman–Crippen LogP) is 3.19. The molecule has 0 aromatic rings. The van der Waals surface area contributed by atoms with Gasteiger partial charge in [0.15, 0.2) is 0 Å². The molecule has 2 N–H and O–H groups in total. The summed E-state index contributed by atoms with van der Waals surface area (Å²) in [5.41, 5.74) is 4.33. The zero-order chi connectivity index (χ0) is 18.2. The van der Waals surface area contributed by atoms with Crippen molar-refractivity contribution in [1.82, 2.24) is 15.7 Å². The van der Waals surface area contributed by atoms with Crippen LogP contribution >= 0.6 is 0 Å². The molecule has 0 bridgehead atoms. The number of hydroxylamine groups is 2. The molecule has 0 spiro atoms. The fourth-order valence-electron chi connectivity index (χ4n) is 3.24. The van der Waals surface area contributed by atoms with Gasteiger partial charge in [0.2, 0.25) is 5.91 Å². The van der Waals surface area contributed by atoms with Crippen molar-refractivity contribution >= 4 is 5.91 Å². The summed E-state index contributed by atoms with van der Waals surface area (Å²) in [5, 5.41) is 8.43. The van der Waals surface area contributed by atoms with Gasteiger partial charge in [-0.25, -0.2) is 0 Å². The summed E-state index contributed by atoms with van der Waals surface area (Å²) in [6.45, 7) is 9.74. The summed E-state index contributed by atoms with van der Waals surface area (Å²) >= 11 is 0. The van der Waals surface area contributed by atoms with Crippen molar-refractivity contribution in [3.8, 4) is 0 Å². The van der Waals surface area contributed by atoms with E-state index < -0.39 is 0 Å². The lowest BCUT2D eigenvalue weighted by molar-refractivity contribution is -0.146. The minimum absolute atomic E-state index is 0.102. The normalized spacial score (nSPS) is 19.4. The highest BCUT2D eigenvalue weighted by molar-refractivity contribution is 5.79. The number of rotatable bonds is 7. The fraction of sp³-hybridized carbons (Fsp3) is 0.550. The topological polar surface area (TPSA) is 53.6 Å². The molecular formula is C20H31N3O2. The fourth-order valence-corrected chi connectivity index (χ4v) is 3.24. The molecule has 0 saturated carbocycles. The van der Waals surface area contributed by atoms with E-state index >= 15 is 0 Å². The third-order valence-electron chi connectivity index (χ3n) is 4.58. The first-order valence-corrected chi connectivity index (χ1v) is 9.13. The van der Waals surface area contributed by atoms with Crippen molar-refractivity contribution in [2.24, 2.45) is 0 Å². The van der Waals surface area contributed by atoms with Crippen LogP contribution in [0, 0.1) is 0 Å². The second-order valence-electron chi connectivity index (χ2n) is 6.69.